The lowest BCUT2D eigenvalue weighted by Crippen LogP contribution is -2.30. The number of aromatic nitrogens is 1. The van der Waals surface area contributed by atoms with Crippen LogP contribution < -0.4 is 5.56 Å². The topological polar surface area (TPSA) is 59.3 Å². The normalized spacial score (nSPS) is 21.0. The molecule has 1 saturated carbocycles. The fraction of sp³-hybridized carbons (Fsp3) is 0.368. The zero-order chi connectivity index (χ0) is 16.2. The van der Waals surface area contributed by atoms with E-state index in [1.54, 1.807) is 12.1 Å². The van der Waals surface area contributed by atoms with Gasteiger partial charge in [0.05, 0.1) is 0 Å². The van der Waals surface area contributed by atoms with Gasteiger partial charge in [-0.25, -0.2) is 9.36 Å². The van der Waals surface area contributed by atoms with Crippen molar-refractivity contribution in [1.29, 1.82) is 0 Å². The summed E-state index contributed by atoms with van der Waals surface area (Å²) in [6, 6.07) is 13.9. The van der Waals surface area contributed by atoms with Gasteiger partial charge in [0, 0.05) is 11.8 Å². The molecule has 1 aromatic heterocycles. The Morgan fingerprint density at radius 1 is 1.04 bits per heavy atom. The molecule has 1 heterocycles. The number of carboxylic acid groups (broad SMARTS) is 1. The standard InChI is InChI=1S/C19H21NO3/c21-18-17(7-4-12-20(18)19(22)23)16-10-8-15(9-11-16)13-14-5-2-1-3-6-14/h1-7,12,15-16H,8-11,13H2,(H,22,23). The predicted octanol–water partition coefficient (Wildman–Crippen LogP) is 3.89. The number of pyridine rings is 1. The highest BCUT2D eigenvalue weighted by Crippen LogP contribution is 2.35. The molecule has 0 saturated heterocycles. The van der Waals surface area contributed by atoms with Crippen LogP contribution in [0.5, 0.6) is 0 Å². The van der Waals surface area contributed by atoms with Crippen LogP contribution in [-0.2, 0) is 6.42 Å². The molecule has 0 spiro atoms. The third kappa shape index (κ3) is 3.52. The fourth-order valence-corrected chi connectivity index (χ4v) is 3.60. The van der Waals surface area contributed by atoms with Gasteiger partial charge in [0.2, 0.25) is 0 Å². The van der Waals surface area contributed by atoms with Crippen molar-refractivity contribution in [2.45, 2.75) is 38.0 Å². The van der Waals surface area contributed by atoms with E-state index in [0.29, 0.717) is 11.5 Å². The Balaban J connectivity index is 1.67. The molecule has 2 aromatic rings. The van der Waals surface area contributed by atoms with Crippen molar-refractivity contribution in [3.8, 4) is 0 Å². The van der Waals surface area contributed by atoms with Crippen molar-refractivity contribution < 1.29 is 9.90 Å². The summed E-state index contributed by atoms with van der Waals surface area (Å²) in [6.45, 7) is 0. The van der Waals surface area contributed by atoms with E-state index in [-0.39, 0.29) is 11.5 Å². The first-order valence-corrected chi connectivity index (χ1v) is 8.14. The maximum atomic E-state index is 12.3. The summed E-state index contributed by atoms with van der Waals surface area (Å²) in [4.78, 5) is 23.3. The van der Waals surface area contributed by atoms with Crippen LogP contribution in [0.1, 0.15) is 42.7 Å². The Hall–Kier alpha value is -2.36. The molecule has 3 rings (SSSR count). The largest absolute Gasteiger partial charge is 0.464 e. The van der Waals surface area contributed by atoms with Crippen LogP contribution in [0, 0.1) is 5.92 Å². The van der Waals surface area contributed by atoms with Crippen LogP contribution in [0.25, 0.3) is 0 Å². The second kappa shape index (κ2) is 6.82. The zero-order valence-corrected chi connectivity index (χ0v) is 13.0. The molecule has 0 atom stereocenters. The molecular formula is C19H21NO3. The fourth-order valence-electron chi connectivity index (χ4n) is 3.60. The maximum absolute atomic E-state index is 12.3. The van der Waals surface area contributed by atoms with E-state index in [1.165, 1.54) is 11.8 Å². The zero-order valence-electron chi connectivity index (χ0n) is 13.0. The smallest absolute Gasteiger partial charge is 0.418 e. The van der Waals surface area contributed by atoms with Gasteiger partial charge in [-0.05, 0) is 55.6 Å². The van der Waals surface area contributed by atoms with Gasteiger partial charge in [-0.15, -0.1) is 0 Å². The van der Waals surface area contributed by atoms with Crippen LogP contribution in [0.15, 0.2) is 53.5 Å². The van der Waals surface area contributed by atoms with Gasteiger partial charge in [-0.1, -0.05) is 36.4 Å². The lowest BCUT2D eigenvalue weighted by Gasteiger charge is -2.28. The number of rotatable bonds is 3. The summed E-state index contributed by atoms with van der Waals surface area (Å²) < 4.78 is 0.783. The minimum Gasteiger partial charge on any atom is -0.464 e. The summed E-state index contributed by atoms with van der Waals surface area (Å²) in [5, 5.41) is 9.06. The summed E-state index contributed by atoms with van der Waals surface area (Å²) in [5.74, 6) is 0.834. The molecule has 0 unspecified atom stereocenters. The molecule has 0 radical (unpaired) electrons. The van der Waals surface area contributed by atoms with E-state index in [0.717, 1.165) is 36.7 Å². The highest BCUT2D eigenvalue weighted by molar-refractivity contribution is 5.67. The average Bonchev–Trinajstić information content (AvgIpc) is 2.57. The Kier molecular flexibility index (Phi) is 4.60. The lowest BCUT2D eigenvalue weighted by atomic mass is 9.77. The Labute approximate surface area is 135 Å². The second-order valence-electron chi connectivity index (χ2n) is 6.33. The molecule has 0 bridgehead atoms. The van der Waals surface area contributed by atoms with Gasteiger partial charge in [-0.3, -0.25) is 4.79 Å². The average molecular weight is 311 g/mol. The quantitative estimate of drug-likeness (QED) is 0.935. The van der Waals surface area contributed by atoms with Crippen LogP contribution in [0.4, 0.5) is 4.79 Å². The van der Waals surface area contributed by atoms with Gasteiger partial charge in [-0.2, -0.15) is 0 Å². The van der Waals surface area contributed by atoms with E-state index < -0.39 is 6.09 Å². The summed E-state index contributed by atoms with van der Waals surface area (Å²) >= 11 is 0. The molecule has 1 N–H and O–H groups in total. The molecule has 1 fully saturated rings. The molecule has 1 aliphatic rings. The molecular weight excluding hydrogens is 290 g/mol. The third-order valence-corrected chi connectivity index (χ3v) is 4.84. The van der Waals surface area contributed by atoms with E-state index in [1.807, 2.05) is 6.07 Å². The minimum absolute atomic E-state index is 0.182. The Bertz CT molecular complexity index is 728. The van der Waals surface area contributed by atoms with Crippen LogP contribution in [0.3, 0.4) is 0 Å². The highest BCUT2D eigenvalue weighted by Gasteiger charge is 2.25. The first-order valence-electron chi connectivity index (χ1n) is 8.14. The van der Waals surface area contributed by atoms with Crippen molar-refractivity contribution in [1.82, 2.24) is 4.57 Å². The van der Waals surface area contributed by atoms with Crippen molar-refractivity contribution in [2.24, 2.45) is 5.92 Å². The van der Waals surface area contributed by atoms with Gasteiger partial charge in [0.25, 0.3) is 5.56 Å². The van der Waals surface area contributed by atoms with E-state index in [2.05, 4.69) is 24.3 Å². The molecule has 120 valence electrons. The Morgan fingerprint density at radius 3 is 2.39 bits per heavy atom. The van der Waals surface area contributed by atoms with Crippen LogP contribution >= 0.6 is 0 Å². The lowest BCUT2D eigenvalue weighted by molar-refractivity contribution is 0.195. The molecule has 23 heavy (non-hydrogen) atoms. The second-order valence-corrected chi connectivity index (χ2v) is 6.33. The molecule has 4 heteroatoms. The van der Waals surface area contributed by atoms with Crippen molar-refractivity contribution >= 4 is 6.09 Å². The summed E-state index contributed by atoms with van der Waals surface area (Å²) in [5.41, 5.74) is 1.63. The molecule has 1 aliphatic carbocycles. The highest BCUT2D eigenvalue weighted by atomic mass is 16.4. The monoisotopic (exact) mass is 311 g/mol. The van der Waals surface area contributed by atoms with Gasteiger partial charge >= 0.3 is 6.09 Å². The van der Waals surface area contributed by atoms with Crippen molar-refractivity contribution in [3.63, 3.8) is 0 Å². The SMILES string of the molecule is O=C(O)n1cccc(C2CCC(Cc3ccccc3)CC2)c1=O. The third-order valence-electron chi connectivity index (χ3n) is 4.84. The maximum Gasteiger partial charge on any atom is 0.418 e. The predicted molar refractivity (Wildman–Crippen MR) is 89.0 cm³/mol. The molecule has 0 aliphatic heterocycles. The first-order chi connectivity index (χ1) is 11.1. The van der Waals surface area contributed by atoms with Crippen molar-refractivity contribution in [2.75, 3.05) is 0 Å². The minimum atomic E-state index is -1.21. The van der Waals surface area contributed by atoms with E-state index >= 15 is 0 Å². The molecule has 0 amide bonds. The number of carbonyl (C=O) groups is 1. The molecule has 4 nitrogen and oxygen atoms in total. The van der Waals surface area contributed by atoms with Gasteiger partial charge < -0.3 is 5.11 Å². The van der Waals surface area contributed by atoms with Crippen LogP contribution in [0.2, 0.25) is 0 Å². The number of nitrogens with zero attached hydrogens (tertiary/aromatic N) is 1. The number of hydrogen-bond donors (Lipinski definition) is 1. The van der Waals surface area contributed by atoms with Crippen molar-refractivity contribution in [3.05, 3.63) is 70.1 Å². The Morgan fingerprint density at radius 2 is 1.74 bits per heavy atom. The van der Waals surface area contributed by atoms with Gasteiger partial charge in [0.15, 0.2) is 0 Å². The van der Waals surface area contributed by atoms with Crippen LogP contribution in [-0.4, -0.2) is 15.8 Å². The first kappa shape index (κ1) is 15.5. The van der Waals surface area contributed by atoms with E-state index in [4.69, 9.17) is 5.11 Å². The number of benzene rings is 1. The van der Waals surface area contributed by atoms with Gasteiger partial charge in [0.1, 0.15) is 0 Å². The summed E-state index contributed by atoms with van der Waals surface area (Å²) in [7, 11) is 0. The van der Waals surface area contributed by atoms with E-state index in [9.17, 15) is 9.59 Å². The summed E-state index contributed by atoms with van der Waals surface area (Å²) in [6.07, 6.45) is 5.26. The molecule has 1 aromatic carbocycles. The number of hydrogen-bond acceptors (Lipinski definition) is 2.